The number of carboxylic acid groups (broad SMARTS) is 1. The van der Waals surface area contributed by atoms with Crippen molar-refractivity contribution in [2.24, 2.45) is 0 Å². The molecule has 0 radical (unpaired) electrons. The lowest BCUT2D eigenvalue weighted by Crippen LogP contribution is -2.56. The number of rotatable bonds is 4. The van der Waals surface area contributed by atoms with E-state index in [1.54, 1.807) is 0 Å². The van der Waals surface area contributed by atoms with Gasteiger partial charge < -0.3 is 5.11 Å². The zero-order valence-corrected chi connectivity index (χ0v) is 13.3. The summed E-state index contributed by atoms with van der Waals surface area (Å²) in [6.07, 6.45) is 2.02. The van der Waals surface area contributed by atoms with Gasteiger partial charge in [0.15, 0.2) is 9.84 Å². The highest BCUT2D eigenvalue weighted by molar-refractivity contribution is 7.91. The number of carbonyl (C=O) groups is 1. The van der Waals surface area contributed by atoms with E-state index in [1.165, 1.54) is 4.31 Å². The standard InChI is InChI=1S/C11H20N2O6S2/c14-11(15)8-10-9-20(16,17)7-6-13(10)21(18,19)12-4-2-1-3-5-12/h10H,1-9H2,(H,14,15). The van der Waals surface area contributed by atoms with Crippen LogP contribution in [0.3, 0.4) is 0 Å². The minimum absolute atomic E-state index is 0.168. The Bertz CT molecular complexity index is 594. The normalized spacial score (nSPS) is 28.3. The molecule has 2 heterocycles. The average molecular weight is 340 g/mol. The molecule has 1 atom stereocenters. The van der Waals surface area contributed by atoms with Crippen LogP contribution in [0, 0.1) is 0 Å². The molecule has 0 aromatic carbocycles. The molecule has 10 heteroatoms. The lowest BCUT2D eigenvalue weighted by Gasteiger charge is -2.38. The fraction of sp³-hybridized carbons (Fsp3) is 0.909. The van der Waals surface area contributed by atoms with Crippen molar-refractivity contribution in [3.8, 4) is 0 Å². The van der Waals surface area contributed by atoms with Crippen LogP contribution in [0.15, 0.2) is 0 Å². The van der Waals surface area contributed by atoms with E-state index in [0.29, 0.717) is 13.1 Å². The second-order valence-corrected chi connectivity index (χ2v) is 9.55. The first-order valence-corrected chi connectivity index (χ1v) is 10.1. The summed E-state index contributed by atoms with van der Waals surface area (Å²) in [7, 11) is -7.18. The fourth-order valence-corrected chi connectivity index (χ4v) is 6.38. The van der Waals surface area contributed by atoms with E-state index in [4.69, 9.17) is 5.11 Å². The molecule has 2 aliphatic rings. The van der Waals surface area contributed by atoms with Crippen molar-refractivity contribution in [1.82, 2.24) is 8.61 Å². The molecule has 2 saturated heterocycles. The van der Waals surface area contributed by atoms with Gasteiger partial charge in [-0.1, -0.05) is 6.42 Å². The van der Waals surface area contributed by atoms with Gasteiger partial charge in [0.25, 0.3) is 10.2 Å². The SMILES string of the molecule is O=C(O)CC1CS(=O)(=O)CCN1S(=O)(=O)N1CCCCC1. The highest BCUT2D eigenvalue weighted by Gasteiger charge is 2.41. The van der Waals surface area contributed by atoms with Crippen LogP contribution in [0.5, 0.6) is 0 Å². The Labute approximate surface area is 124 Å². The largest absolute Gasteiger partial charge is 0.481 e. The molecule has 0 bridgehead atoms. The van der Waals surface area contributed by atoms with Crippen LogP contribution in [0.25, 0.3) is 0 Å². The molecule has 2 fully saturated rings. The number of carboxylic acids is 1. The van der Waals surface area contributed by atoms with Gasteiger partial charge in [0.05, 0.1) is 24.0 Å². The third kappa shape index (κ3) is 3.93. The number of sulfone groups is 1. The summed E-state index contributed by atoms with van der Waals surface area (Å²) in [5.41, 5.74) is 0. The number of nitrogens with zero attached hydrogens (tertiary/aromatic N) is 2. The third-order valence-electron chi connectivity index (χ3n) is 3.82. The third-order valence-corrected chi connectivity index (χ3v) is 7.61. The Balaban J connectivity index is 2.23. The van der Waals surface area contributed by atoms with Crippen LogP contribution in [0.2, 0.25) is 0 Å². The number of hydrogen-bond acceptors (Lipinski definition) is 5. The van der Waals surface area contributed by atoms with Crippen molar-refractivity contribution in [2.75, 3.05) is 31.1 Å². The summed E-state index contributed by atoms with van der Waals surface area (Å²) in [6.45, 7) is 0.649. The summed E-state index contributed by atoms with van der Waals surface area (Å²) < 4.78 is 50.9. The Hall–Kier alpha value is -0.710. The van der Waals surface area contributed by atoms with Gasteiger partial charge in [-0.05, 0) is 12.8 Å². The summed E-state index contributed by atoms with van der Waals surface area (Å²) in [5.74, 6) is -1.88. The summed E-state index contributed by atoms with van der Waals surface area (Å²) in [4.78, 5) is 10.9. The van der Waals surface area contributed by atoms with Crippen molar-refractivity contribution in [1.29, 1.82) is 0 Å². The van der Waals surface area contributed by atoms with Crippen LogP contribution in [0.4, 0.5) is 0 Å². The Morgan fingerprint density at radius 2 is 1.76 bits per heavy atom. The first kappa shape index (κ1) is 16.7. The van der Waals surface area contributed by atoms with Crippen molar-refractivity contribution >= 4 is 26.0 Å². The second-order valence-electron chi connectivity index (χ2n) is 5.44. The highest BCUT2D eigenvalue weighted by Crippen LogP contribution is 2.23. The first-order valence-electron chi connectivity index (χ1n) is 6.91. The minimum atomic E-state index is -3.79. The molecule has 1 N–H and O–H groups in total. The van der Waals surface area contributed by atoms with Crippen LogP contribution in [-0.4, -0.2) is 73.7 Å². The van der Waals surface area contributed by atoms with E-state index in [-0.39, 0.29) is 12.3 Å². The van der Waals surface area contributed by atoms with Gasteiger partial charge in [-0.2, -0.15) is 17.0 Å². The molecule has 0 aromatic heterocycles. The van der Waals surface area contributed by atoms with E-state index in [1.807, 2.05) is 0 Å². The zero-order valence-electron chi connectivity index (χ0n) is 11.6. The molecule has 0 spiro atoms. The lowest BCUT2D eigenvalue weighted by atomic mass is 10.2. The van der Waals surface area contributed by atoms with E-state index >= 15 is 0 Å². The summed E-state index contributed by atoms with van der Waals surface area (Å²) in [5, 5.41) is 8.90. The molecular weight excluding hydrogens is 320 g/mol. The lowest BCUT2D eigenvalue weighted by molar-refractivity contribution is -0.137. The van der Waals surface area contributed by atoms with Crippen molar-refractivity contribution in [3.63, 3.8) is 0 Å². The predicted octanol–water partition coefficient (Wildman–Crippen LogP) is -0.709. The minimum Gasteiger partial charge on any atom is -0.481 e. The van der Waals surface area contributed by atoms with E-state index in [9.17, 15) is 21.6 Å². The zero-order chi connectivity index (χ0) is 15.7. The van der Waals surface area contributed by atoms with Gasteiger partial charge in [-0.15, -0.1) is 0 Å². The molecule has 0 aromatic rings. The number of hydrogen-bond donors (Lipinski definition) is 1. The molecule has 122 valence electrons. The Kier molecular flexibility index (Phi) is 4.91. The molecule has 0 aliphatic carbocycles. The monoisotopic (exact) mass is 340 g/mol. The molecular formula is C11H20N2O6S2. The quantitative estimate of drug-likeness (QED) is 0.723. The van der Waals surface area contributed by atoms with Crippen LogP contribution >= 0.6 is 0 Å². The molecule has 1 unspecified atom stereocenters. The maximum Gasteiger partial charge on any atom is 0.305 e. The van der Waals surface area contributed by atoms with Crippen LogP contribution in [0.1, 0.15) is 25.7 Å². The van der Waals surface area contributed by atoms with Crippen molar-refractivity contribution in [2.45, 2.75) is 31.7 Å². The van der Waals surface area contributed by atoms with Gasteiger partial charge in [-0.25, -0.2) is 8.42 Å². The maximum atomic E-state index is 12.6. The summed E-state index contributed by atoms with van der Waals surface area (Å²) >= 11 is 0. The second kappa shape index (κ2) is 6.19. The van der Waals surface area contributed by atoms with Gasteiger partial charge in [0, 0.05) is 19.6 Å². The maximum absolute atomic E-state index is 12.6. The number of aliphatic carboxylic acids is 1. The van der Waals surface area contributed by atoms with Crippen LogP contribution in [-0.2, 0) is 24.8 Å². The smallest absolute Gasteiger partial charge is 0.305 e. The topological polar surface area (TPSA) is 112 Å². The van der Waals surface area contributed by atoms with E-state index in [2.05, 4.69) is 0 Å². The molecule has 8 nitrogen and oxygen atoms in total. The van der Waals surface area contributed by atoms with E-state index < -0.39 is 44.2 Å². The highest BCUT2D eigenvalue weighted by atomic mass is 32.2. The van der Waals surface area contributed by atoms with Gasteiger partial charge in [-0.3, -0.25) is 4.79 Å². The van der Waals surface area contributed by atoms with Crippen molar-refractivity contribution in [3.05, 3.63) is 0 Å². The van der Waals surface area contributed by atoms with Gasteiger partial charge >= 0.3 is 5.97 Å². The molecule has 0 amide bonds. The number of piperidine rings is 1. The summed E-state index contributed by atoms with van der Waals surface area (Å²) in [6, 6.07) is -1.02. The fourth-order valence-electron chi connectivity index (χ4n) is 2.78. The van der Waals surface area contributed by atoms with Crippen molar-refractivity contribution < 1.29 is 26.7 Å². The van der Waals surface area contributed by atoms with E-state index in [0.717, 1.165) is 23.6 Å². The molecule has 2 aliphatic heterocycles. The Morgan fingerprint density at radius 3 is 2.33 bits per heavy atom. The van der Waals surface area contributed by atoms with Gasteiger partial charge in [0.1, 0.15) is 0 Å². The molecule has 2 rings (SSSR count). The average Bonchev–Trinajstić information content (AvgIpc) is 2.37. The van der Waals surface area contributed by atoms with Gasteiger partial charge in [0.2, 0.25) is 0 Å². The first-order chi connectivity index (χ1) is 9.72. The molecule has 0 saturated carbocycles. The van der Waals surface area contributed by atoms with Crippen LogP contribution < -0.4 is 0 Å². The Morgan fingerprint density at radius 1 is 1.14 bits per heavy atom. The molecule has 21 heavy (non-hydrogen) atoms. The predicted molar refractivity (Wildman–Crippen MR) is 75.7 cm³/mol.